The molecule has 0 aromatic heterocycles. The summed E-state index contributed by atoms with van der Waals surface area (Å²) in [7, 11) is 0. The summed E-state index contributed by atoms with van der Waals surface area (Å²) in [6.07, 6.45) is 1.31. The molecular weight excluding hydrogens is 249 g/mol. The molecule has 5 heteroatoms. The first-order valence-corrected chi connectivity index (χ1v) is 6.10. The molecule has 1 aliphatic carbocycles. The predicted molar refractivity (Wildman–Crippen MR) is 67.2 cm³/mol. The van der Waals surface area contributed by atoms with Crippen molar-refractivity contribution in [2.45, 2.75) is 37.6 Å². The fourth-order valence-corrected chi connectivity index (χ4v) is 2.00. The van der Waals surface area contributed by atoms with Gasteiger partial charge in [-0.25, -0.2) is 9.18 Å². The molecule has 0 spiro atoms. The lowest BCUT2D eigenvalue weighted by Crippen LogP contribution is -2.52. The molecule has 0 unspecified atom stereocenters. The van der Waals surface area contributed by atoms with Crippen molar-refractivity contribution < 1.29 is 19.1 Å². The van der Waals surface area contributed by atoms with Gasteiger partial charge in [0.15, 0.2) is 0 Å². The Hall–Kier alpha value is -1.91. The van der Waals surface area contributed by atoms with E-state index in [2.05, 4.69) is 5.32 Å². The highest BCUT2D eigenvalue weighted by atomic mass is 19.1. The fraction of sp³-hybridized carbons (Fsp3) is 0.429. The molecule has 102 valence electrons. The van der Waals surface area contributed by atoms with Crippen LogP contribution in [0, 0.1) is 5.82 Å². The molecule has 1 saturated carbocycles. The lowest BCUT2D eigenvalue weighted by atomic mass is 9.93. The normalized spacial score (nSPS) is 16.8. The Morgan fingerprint density at radius 1 is 1.26 bits per heavy atom. The number of aliphatic carboxylic acids is 1. The number of carboxylic acids is 1. The van der Waals surface area contributed by atoms with Gasteiger partial charge in [0.2, 0.25) is 5.91 Å². The number of halogens is 1. The third-order valence-corrected chi connectivity index (χ3v) is 3.54. The van der Waals surface area contributed by atoms with Crippen LogP contribution < -0.4 is 5.32 Å². The van der Waals surface area contributed by atoms with Crippen molar-refractivity contribution in [3.8, 4) is 0 Å². The number of carbonyl (C=O) groups is 2. The number of rotatable bonds is 4. The van der Waals surface area contributed by atoms with Gasteiger partial charge in [-0.05, 0) is 44.4 Å². The Kier molecular flexibility index (Phi) is 3.08. The Bertz CT molecular complexity index is 518. The van der Waals surface area contributed by atoms with Crippen molar-refractivity contribution in [2.24, 2.45) is 0 Å². The fourth-order valence-electron chi connectivity index (χ4n) is 2.00. The van der Waals surface area contributed by atoms with Crippen LogP contribution in [0.5, 0.6) is 0 Å². The van der Waals surface area contributed by atoms with E-state index < -0.39 is 16.9 Å². The van der Waals surface area contributed by atoms with Crippen molar-refractivity contribution in [3.63, 3.8) is 0 Å². The van der Waals surface area contributed by atoms with Crippen molar-refractivity contribution >= 4 is 11.9 Å². The van der Waals surface area contributed by atoms with Crippen LogP contribution in [-0.4, -0.2) is 22.5 Å². The summed E-state index contributed by atoms with van der Waals surface area (Å²) in [4.78, 5) is 23.3. The predicted octanol–water partition coefficient (Wildman–Crippen LogP) is 1.84. The zero-order chi connectivity index (χ0) is 14.3. The van der Waals surface area contributed by atoms with Crippen LogP contribution in [0.3, 0.4) is 0 Å². The molecule has 1 fully saturated rings. The first kappa shape index (κ1) is 13.5. The number of carboxylic acid groups (broad SMARTS) is 1. The largest absolute Gasteiger partial charge is 0.480 e. The third-order valence-electron chi connectivity index (χ3n) is 3.54. The molecule has 2 N–H and O–H groups in total. The number of hydrogen-bond acceptors (Lipinski definition) is 2. The van der Waals surface area contributed by atoms with E-state index >= 15 is 0 Å². The molecule has 0 radical (unpaired) electrons. The molecule has 1 aliphatic rings. The number of amides is 1. The van der Waals surface area contributed by atoms with Gasteiger partial charge in [0.05, 0.1) is 5.41 Å². The van der Waals surface area contributed by atoms with E-state index in [4.69, 9.17) is 5.11 Å². The summed E-state index contributed by atoms with van der Waals surface area (Å²) >= 11 is 0. The second-order valence-electron chi connectivity index (χ2n) is 5.47. The summed E-state index contributed by atoms with van der Waals surface area (Å²) in [5.41, 5.74) is -1.28. The van der Waals surface area contributed by atoms with E-state index in [0.717, 1.165) is 5.56 Å². The smallest absolute Gasteiger partial charge is 0.328 e. The first-order chi connectivity index (χ1) is 8.78. The molecule has 0 heterocycles. The molecule has 19 heavy (non-hydrogen) atoms. The number of nitrogens with one attached hydrogen (secondary N) is 1. The number of carbonyl (C=O) groups excluding carboxylic acids is 1. The van der Waals surface area contributed by atoms with Crippen LogP contribution in [-0.2, 0) is 15.0 Å². The number of benzene rings is 1. The van der Waals surface area contributed by atoms with E-state index in [0.29, 0.717) is 12.8 Å². The van der Waals surface area contributed by atoms with Crippen LogP contribution >= 0.6 is 0 Å². The molecule has 1 amide bonds. The minimum atomic E-state index is -1.31. The van der Waals surface area contributed by atoms with E-state index in [-0.39, 0.29) is 11.7 Å². The van der Waals surface area contributed by atoms with Crippen molar-refractivity contribution in [3.05, 3.63) is 35.6 Å². The van der Waals surface area contributed by atoms with Gasteiger partial charge in [-0.2, -0.15) is 0 Å². The molecule has 0 aliphatic heterocycles. The molecular formula is C14H16FNO3. The van der Waals surface area contributed by atoms with Crippen molar-refractivity contribution in [2.75, 3.05) is 0 Å². The highest BCUT2D eigenvalue weighted by Crippen LogP contribution is 2.48. The lowest BCUT2D eigenvalue weighted by molar-refractivity contribution is -0.146. The maximum absolute atomic E-state index is 12.9. The molecule has 0 atom stereocenters. The van der Waals surface area contributed by atoms with Crippen LogP contribution in [0.25, 0.3) is 0 Å². The van der Waals surface area contributed by atoms with Gasteiger partial charge in [-0.1, -0.05) is 12.1 Å². The molecule has 1 aromatic carbocycles. The van der Waals surface area contributed by atoms with Crippen LogP contribution in [0.2, 0.25) is 0 Å². The van der Waals surface area contributed by atoms with Crippen LogP contribution in [0.15, 0.2) is 24.3 Å². The summed E-state index contributed by atoms with van der Waals surface area (Å²) in [6.45, 7) is 2.88. The molecule has 4 nitrogen and oxygen atoms in total. The zero-order valence-corrected chi connectivity index (χ0v) is 10.9. The van der Waals surface area contributed by atoms with E-state index in [9.17, 15) is 14.0 Å². The summed E-state index contributed by atoms with van der Waals surface area (Å²) in [5.74, 6) is -1.76. The first-order valence-electron chi connectivity index (χ1n) is 6.10. The Labute approximate surface area is 110 Å². The van der Waals surface area contributed by atoms with E-state index in [1.165, 1.54) is 26.0 Å². The SMILES string of the molecule is CC(C)(NC(=O)C1(c2ccc(F)cc2)CC1)C(=O)O. The van der Waals surface area contributed by atoms with Crippen molar-refractivity contribution in [1.82, 2.24) is 5.32 Å². The van der Waals surface area contributed by atoms with Gasteiger partial charge in [0.1, 0.15) is 11.4 Å². The highest BCUT2D eigenvalue weighted by Gasteiger charge is 2.52. The second-order valence-corrected chi connectivity index (χ2v) is 5.47. The number of hydrogen-bond donors (Lipinski definition) is 2. The van der Waals surface area contributed by atoms with Crippen LogP contribution in [0.1, 0.15) is 32.3 Å². The van der Waals surface area contributed by atoms with E-state index in [1.54, 1.807) is 12.1 Å². The lowest BCUT2D eigenvalue weighted by Gasteiger charge is -2.25. The average Bonchev–Trinajstić information content (AvgIpc) is 3.10. The van der Waals surface area contributed by atoms with Gasteiger partial charge >= 0.3 is 5.97 Å². The molecule has 0 saturated heterocycles. The Morgan fingerprint density at radius 3 is 2.21 bits per heavy atom. The van der Waals surface area contributed by atoms with E-state index in [1.807, 2.05) is 0 Å². The Balaban J connectivity index is 2.19. The highest BCUT2D eigenvalue weighted by molar-refractivity contribution is 5.95. The minimum absolute atomic E-state index is 0.313. The van der Waals surface area contributed by atoms with Gasteiger partial charge in [0, 0.05) is 0 Å². The Morgan fingerprint density at radius 2 is 1.79 bits per heavy atom. The average molecular weight is 265 g/mol. The summed E-state index contributed by atoms with van der Waals surface area (Å²) < 4.78 is 12.9. The van der Waals surface area contributed by atoms with Crippen molar-refractivity contribution in [1.29, 1.82) is 0 Å². The van der Waals surface area contributed by atoms with Gasteiger partial charge in [-0.15, -0.1) is 0 Å². The second kappa shape index (κ2) is 4.33. The summed E-state index contributed by atoms with van der Waals surface area (Å²) in [6, 6.07) is 5.78. The van der Waals surface area contributed by atoms with Gasteiger partial charge in [-0.3, -0.25) is 4.79 Å². The van der Waals surface area contributed by atoms with Crippen LogP contribution in [0.4, 0.5) is 4.39 Å². The zero-order valence-electron chi connectivity index (χ0n) is 10.9. The summed E-state index contributed by atoms with van der Waals surface area (Å²) in [5, 5.41) is 11.6. The molecule has 0 bridgehead atoms. The molecule has 1 aromatic rings. The third kappa shape index (κ3) is 2.45. The maximum atomic E-state index is 12.9. The maximum Gasteiger partial charge on any atom is 0.328 e. The quantitative estimate of drug-likeness (QED) is 0.873. The monoisotopic (exact) mass is 265 g/mol. The topological polar surface area (TPSA) is 66.4 Å². The van der Waals surface area contributed by atoms with Gasteiger partial charge < -0.3 is 10.4 Å². The minimum Gasteiger partial charge on any atom is -0.480 e. The van der Waals surface area contributed by atoms with Gasteiger partial charge in [0.25, 0.3) is 0 Å². The molecule has 2 rings (SSSR count). The standard InChI is InChI=1S/C14H16FNO3/c1-13(2,12(18)19)16-11(17)14(7-8-14)9-3-5-10(15)6-4-9/h3-6H,7-8H2,1-2H3,(H,16,17)(H,18,19).